The van der Waals surface area contributed by atoms with Crippen LogP contribution in [0.5, 0.6) is 0 Å². The summed E-state index contributed by atoms with van der Waals surface area (Å²) >= 11 is 3.24. The Balaban J connectivity index is 2.19. The third kappa shape index (κ3) is 1.62. The molecule has 3 aromatic heterocycles. The molecule has 0 spiro atoms. The van der Waals surface area contributed by atoms with E-state index in [1.165, 1.54) is 0 Å². The predicted octanol–water partition coefficient (Wildman–Crippen LogP) is 2.72. The fourth-order valence-corrected chi connectivity index (χ4v) is 2.80. The highest BCUT2D eigenvalue weighted by Gasteiger charge is 2.13. The van der Waals surface area contributed by atoms with Crippen molar-refractivity contribution in [3.63, 3.8) is 0 Å². The van der Waals surface area contributed by atoms with Gasteiger partial charge < -0.3 is 0 Å². The largest absolute Gasteiger partial charge is 0.142 e. The van der Waals surface area contributed by atoms with Gasteiger partial charge in [-0.05, 0) is 33.3 Å². The molecule has 6 heteroatoms. The molecule has 16 heavy (non-hydrogen) atoms. The first kappa shape index (κ1) is 9.56. The molecule has 3 rings (SSSR count). The SMILES string of the molecule is c1csc(-c2nnnnc2-c2cccs2)c1. The van der Waals surface area contributed by atoms with Crippen LogP contribution in [0.25, 0.3) is 21.1 Å². The summed E-state index contributed by atoms with van der Waals surface area (Å²) < 4.78 is 0. The van der Waals surface area contributed by atoms with Gasteiger partial charge in [0.05, 0.1) is 9.75 Å². The summed E-state index contributed by atoms with van der Waals surface area (Å²) in [6.45, 7) is 0. The summed E-state index contributed by atoms with van der Waals surface area (Å²) in [6, 6.07) is 7.99. The van der Waals surface area contributed by atoms with Crippen molar-refractivity contribution >= 4 is 22.7 Å². The quantitative estimate of drug-likeness (QED) is 0.697. The first-order valence-electron chi connectivity index (χ1n) is 4.59. The van der Waals surface area contributed by atoms with Crippen LogP contribution in [0.2, 0.25) is 0 Å². The monoisotopic (exact) mass is 246 g/mol. The van der Waals surface area contributed by atoms with Crippen LogP contribution >= 0.6 is 22.7 Å². The maximum absolute atomic E-state index is 4.07. The summed E-state index contributed by atoms with van der Waals surface area (Å²) in [7, 11) is 0. The normalized spacial score (nSPS) is 10.5. The Hall–Kier alpha value is -1.66. The molecule has 0 aliphatic heterocycles. The Morgan fingerprint density at radius 1 is 0.750 bits per heavy atom. The smallest absolute Gasteiger partial charge is 0.134 e. The van der Waals surface area contributed by atoms with E-state index in [2.05, 4.69) is 20.6 Å². The summed E-state index contributed by atoms with van der Waals surface area (Å²) in [5.41, 5.74) is 1.60. The van der Waals surface area contributed by atoms with Gasteiger partial charge in [-0.1, -0.05) is 12.1 Å². The zero-order valence-electron chi connectivity index (χ0n) is 8.07. The molecule has 0 unspecified atom stereocenters. The zero-order valence-corrected chi connectivity index (χ0v) is 9.70. The van der Waals surface area contributed by atoms with Crippen molar-refractivity contribution in [3.05, 3.63) is 35.0 Å². The lowest BCUT2D eigenvalue weighted by atomic mass is 10.2. The molecule has 0 aliphatic rings. The van der Waals surface area contributed by atoms with Gasteiger partial charge in [0.25, 0.3) is 0 Å². The van der Waals surface area contributed by atoms with Crippen molar-refractivity contribution in [1.82, 2.24) is 20.6 Å². The third-order valence-electron chi connectivity index (χ3n) is 2.06. The van der Waals surface area contributed by atoms with Crippen LogP contribution < -0.4 is 0 Å². The van der Waals surface area contributed by atoms with E-state index in [0.29, 0.717) is 0 Å². The fourth-order valence-electron chi connectivity index (χ4n) is 1.38. The average molecular weight is 246 g/mol. The Labute approximate surface area is 99.6 Å². The maximum atomic E-state index is 4.07. The number of rotatable bonds is 2. The van der Waals surface area contributed by atoms with E-state index in [9.17, 15) is 0 Å². The summed E-state index contributed by atoms with van der Waals surface area (Å²) in [4.78, 5) is 2.12. The van der Waals surface area contributed by atoms with Crippen LogP contribution in [0.3, 0.4) is 0 Å². The topological polar surface area (TPSA) is 51.6 Å². The first-order chi connectivity index (χ1) is 7.95. The van der Waals surface area contributed by atoms with Gasteiger partial charge in [-0.3, -0.25) is 0 Å². The van der Waals surface area contributed by atoms with E-state index < -0.39 is 0 Å². The second-order valence-electron chi connectivity index (χ2n) is 3.03. The van der Waals surface area contributed by atoms with Gasteiger partial charge in [0.2, 0.25) is 0 Å². The highest BCUT2D eigenvalue weighted by Crippen LogP contribution is 2.32. The van der Waals surface area contributed by atoms with Gasteiger partial charge >= 0.3 is 0 Å². The molecule has 0 fully saturated rings. The Kier molecular flexibility index (Phi) is 2.43. The van der Waals surface area contributed by atoms with Crippen molar-refractivity contribution in [2.75, 3.05) is 0 Å². The first-order valence-corrected chi connectivity index (χ1v) is 6.35. The van der Waals surface area contributed by atoms with Crippen LogP contribution in [0.1, 0.15) is 0 Å². The molecule has 0 amide bonds. The minimum Gasteiger partial charge on any atom is -0.142 e. The van der Waals surface area contributed by atoms with Gasteiger partial charge in [-0.25, -0.2) is 0 Å². The van der Waals surface area contributed by atoms with E-state index in [4.69, 9.17) is 0 Å². The minimum absolute atomic E-state index is 0.799. The molecule has 0 saturated carbocycles. The Bertz CT molecular complexity index is 521. The number of aromatic nitrogens is 4. The third-order valence-corrected chi connectivity index (χ3v) is 3.82. The van der Waals surface area contributed by atoms with Crippen LogP contribution in [-0.4, -0.2) is 20.6 Å². The van der Waals surface area contributed by atoms with Crippen molar-refractivity contribution in [3.8, 4) is 21.1 Å². The standard InChI is InChI=1S/C10H6N4S2/c1-3-7(15-5-1)9-10(12-14-13-11-9)8-4-2-6-16-8/h1-6H. The van der Waals surface area contributed by atoms with E-state index in [-0.39, 0.29) is 0 Å². The van der Waals surface area contributed by atoms with Gasteiger partial charge in [0.15, 0.2) is 0 Å². The van der Waals surface area contributed by atoms with E-state index >= 15 is 0 Å². The van der Waals surface area contributed by atoms with Crippen molar-refractivity contribution < 1.29 is 0 Å². The molecular formula is C10H6N4S2. The Morgan fingerprint density at radius 3 is 1.62 bits per heavy atom. The summed E-state index contributed by atoms with van der Waals surface area (Å²) in [5, 5.41) is 19.4. The molecule has 0 radical (unpaired) electrons. The van der Waals surface area contributed by atoms with E-state index in [1.54, 1.807) is 22.7 Å². The zero-order chi connectivity index (χ0) is 10.8. The van der Waals surface area contributed by atoms with E-state index in [1.807, 2.05) is 35.0 Å². The molecule has 0 bridgehead atoms. The Morgan fingerprint density at radius 2 is 1.25 bits per heavy atom. The molecular weight excluding hydrogens is 240 g/mol. The average Bonchev–Trinajstić information content (AvgIpc) is 3.03. The number of hydrogen-bond acceptors (Lipinski definition) is 6. The minimum atomic E-state index is 0.799. The highest BCUT2D eigenvalue weighted by atomic mass is 32.1. The molecule has 0 atom stereocenters. The van der Waals surface area contributed by atoms with Crippen LogP contribution in [0.15, 0.2) is 35.0 Å². The lowest BCUT2D eigenvalue weighted by Crippen LogP contribution is -1.97. The molecule has 4 nitrogen and oxygen atoms in total. The lowest BCUT2D eigenvalue weighted by molar-refractivity contribution is 0.773. The molecule has 3 heterocycles. The fraction of sp³-hybridized carbons (Fsp3) is 0. The number of nitrogens with zero attached hydrogens (tertiary/aromatic N) is 4. The van der Waals surface area contributed by atoms with Gasteiger partial charge in [0.1, 0.15) is 11.4 Å². The van der Waals surface area contributed by atoms with Crippen LogP contribution in [0, 0.1) is 0 Å². The van der Waals surface area contributed by atoms with Crippen molar-refractivity contribution in [2.45, 2.75) is 0 Å². The highest BCUT2D eigenvalue weighted by molar-refractivity contribution is 7.14. The second kappa shape index (κ2) is 4.07. The van der Waals surface area contributed by atoms with Gasteiger partial charge in [-0.15, -0.1) is 32.9 Å². The molecule has 0 N–H and O–H groups in total. The summed E-state index contributed by atoms with van der Waals surface area (Å²) in [5.74, 6) is 0. The van der Waals surface area contributed by atoms with Crippen molar-refractivity contribution in [1.29, 1.82) is 0 Å². The predicted molar refractivity (Wildman–Crippen MR) is 64.2 cm³/mol. The second-order valence-corrected chi connectivity index (χ2v) is 4.93. The number of hydrogen-bond donors (Lipinski definition) is 0. The molecule has 0 aliphatic carbocycles. The molecule has 0 saturated heterocycles. The maximum Gasteiger partial charge on any atom is 0.134 e. The van der Waals surface area contributed by atoms with Gasteiger partial charge in [0, 0.05) is 0 Å². The van der Waals surface area contributed by atoms with Crippen LogP contribution in [-0.2, 0) is 0 Å². The molecule has 78 valence electrons. The van der Waals surface area contributed by atoms with Crippen LogP contribution in [0.4, 0.5) is 0 Å². The number of thiophene rings is 2. The van der Waals surface area contributed by atoms with Crippen molar-refractivity contribution in [2.24, 2.45) is 0 Å². The van der Waals surface area contributed by atoms with E-state index in [0.717, 1.165) is 21.1 Å². The molecule has 0 aromatic carbocycles. The lowest BCUT2D eigenvalue weighted by Gasteiger charge is -2.00. The molecule has 3 aromatic rings. The van der Waals surface area contributed by atoms with Gasteiger partial charge in [-0.2, -0.15) is 0 Å². The summed E-state index contributed by atoms with van der Waals surface area (Å²) in [6.07, 6.45) is 0.